The SMILES string of the molecule is CCOC(=O)C1=C(C)N=c2s/c(=C\c3ccc(-c4ccc(Br)cc4)o3)c(=O)n2[C@H]1c1ccccc1OC(C)C. The summed E-state index contributed by atoms with van der Waals surface area (Å²) in [6.07, 6.45) is 1.61. The Morgan fingerprint density at radius 1 is 1.15 bits per heavy atom. The number of allylic oxidation sites excluding steroid dienone is 1. The van der Waals surface area contributed by atoms with Gasteiger partial charge in [-0.2, -0.15) is 0 Å². The predicted molar refractivity (Wildman–Crippen MR) is 154 cm³/mol. The summed E-state index contributed by atoms with van der Waals surface area (Å²) in [5, 5.41) is 0. The van der Waals surface area contributed by atoms with Crippen molar-refractivity contribution in [3.63, 3.8) is 0 Å². The third-order valence-electron chi connectivity index (χ3n) is 6.12. The molecule has 0 fully saturated rings. The summed E-state index contributed by atoms with van der Waals surface area (Å²) in [5.74, 6) is 1.32. The number of aromatic nitrogens is 1. The number of esters is 1. The van der Waals surface area contributed by atoms with Gasteiger partial charge in [-0.15, -0.1) is 0 Å². The van der Waals surface area contributed by atoms with E-state index in [0.717, 1.165) is 10.0 Å². The number of carbonyl (C=O) groups excluding carboxylic acids is 1. The molecule has 7 nitrogen and oxygen atoms in total. The maximum Gasteiger partial charge on any atom is 0.338 e. The number of rotatable bonds is 7. The number of ether oxygens (including phenoxy) is 2. The number of nitrogens with zero attached hydrogens (tertiary/aromatic N) is 2. The van der Waals surface area contributed by atoms with Crippen LogP contribution in [0.4, 0.5) is 0 Å². The fourth-order valence-electron chi connectivity index (χ4n) is 4.48. The second-order valence-electron chi connectivity index (χ2n) is 9.22. The van der Waals surface area contributed by atoms with Gasteiger partial charge in [0, 0.05) is 21.7 Å². The molecule has 5 rings (SSSR count). The molecular weight excluding hydrogens is 580 g/mol. The summed E-state index contributed by atoms with van der Waals surface area (Å²) in [4.78, 5) is 32.2. The van der Waals surface area contributed by atoms with Gasteiger partial charge >= 0.3 is 5.97 Å². The van der Waals surface area contributed by atoms with E-state index in [1.54, 1.807) is 24.5 Å². The first-order valence-corrected chi connectivity index (χ1v) is 14.2. The quantitative estimate of drug-likeness (QED) is 0.255. The van der Waals surface area contributed by atoms with Crippen LogP contribution in [0.3, 0.4) is 0 Å². The number of para-hydroxylation sites is 1. The van der Waals surface area contributed by atoms with Crippen molar-refractivity contribution < 1.29 is 18.7 Å². The molecule has 2 aromatic carbocycles. The van der Waals surface area contributed by atoms with Crippen molar-refractivity contribution in [2.45, 2.75) is 39.8 Å². The van der Waals surface area contributed by atoms with Crippen LogP contribution in [0.15, 0.2) is 90.6 Å². The van der Waals surface area contributed by atoms with Crippen molar-refractivity contribution in [2.24, 2.45) is 4.99 Å². The molecule has 0 radical (unpaired) electrons. The van der Waals surface area contributed by atoms with Gasteiger partial charge in [0.25, 0.3) is 5.56 Å². The predicted octanol–water partition coefficient (Wildman–Crippen LogP) is 5.61. The van der Waals surface area contributed by atoms with Gasteiger partial charge in [0.05, 0.1) is 28.5 Å². The Hall–Kier alpha value is -3.69. The standard InChI is InChI=1S/C30H27BrN2O5S/c1-5-36-29(35)26-18(4)32-30-33(27(26)22-8-6-7-9-24(22)37-17(2)3)28(34)25(39-30)16-21-14-15-23(38-21)19-10-12-20(31)13-11-19/h6-17,27H,5H2,1-4H3/b25-16-/t27-/m0/s1. The fraction of sp³-hybridized carbons (Fsp3) is 0.233. The number of benzene rings is 2. The minimum Gasteiger partial charge on any atom is -0.491 e. The van der Waals surface area contributed by atoms with Crippen LogP contribution in [-0.4, -0.2) is 23.2 Å². The number of carbonyl (C=O) groups is 1. The van der Waals surface area contributed by atoms with Crippen LogP contribution in [0.5, 0.6) is 5.75 Å². The van der Waals surface area contributed by atoms with Gasteiger partial charge in [0.2, 0.25) is 0 Å². The molecule has 0 unspecified atom stereocenters. The smallest absolute Gasteiger partial charge is 0.338 e. The van der Waals surface area contributed by atoms with Crippen LogP contribution in [0.2, 0.25) is 0 Å². The monoisotopic (exact) mass is 606 g/mol. The summed E-state index contributed by atoms with van der Waals surface area (Å²) in [5.41, 5.74) is 2.15. The molecule has 0 aliphatic carbocycles. The Kier molecular flexibility index (Phi) is 7.72. The lowest BCUT2D eigenvalue weighted by atomic mass is 9.95. The molecule has 0 N–H and O–H groups in total. The lowest BCUT2D eigenvalue weighted by Gasteiger charge is -2.26. The lowest BCUT2D eigenvalue weighted by molar-refractivity contribution is -0.139. The third-order valence-corrected chi connectivity index (χ3v) is 7.63. The topological polar surface area (TPSA) is 83.0 Å². The van der Waals surface area contributed by atoms with Crippen molar-refractivity contribution >= 4 is 39.3 Å². The summed E-state index contributed by atoms with van der Waals surface area (Å²) in [6, 6.07) is 18.2. The average molecular weight is 608 g/mol. The van der Waals surface area contributed by atoms with Crippen molar-refractivity contribution in [1.82, 2.24) is 4.57 Å². The maximum atomic E-state index is 13.9. The first-order chi connectivity index (χ1) is 18.8. The van der Waals surface area contributed by atoms with Gasteiger partial charge in [-0.3, -0.25) is 9.36 Å². The van der Waals surface area contributed by atoms with Crippen molar-refractivity contribution in [3.8, 4) is 17.1 Å². The van der Waals surface area contributed by atoms with Crippen LogP contribution < -0.4 is 19.6 Å². The zero-order valence-electron chi connectivity index (χ0n) is 21.9. The van der Waals surface area contributed by atoms with E-state index in [2.05, 4.69) is 20.9 Å². The van der Waals surface area contributed by atoms with E-state index in [-0.39, 0.29) is 18.3 Å². The molecule has 1 atom stereocenters. The number of fused-ring (bicyclic) bond motifs is 1. The third kappa shape index (κ3) is 5.42. The molecule has 3 heterocycles. The Bertz CT molecular complexity index is 1740. The molecule has 1 aliphatic heterocycles. The molecule has 4 aromatic rings. The molecule has 39 heavy (non-hydrogen) atoms. The molecule has 0 amide bonds. The van der Waals surface area contributed by atoms with Crippen LogP contribution in [0, 0.1) is 0 Å². The molecule has 0 saturated carbocycles. The fourth-order valence-corrected chi connectivity index (χ4v) is 5.77. The summed E-state index contributed by atoms with van der Waals surface area (Å²) >= 11 is 4.69. The number of furan rings is 1. The van der Waals surface area contributed by atoms with Crippen LogP contribution in [-0.2, 0) is 9.53 Å². The Balaban J connectivity index is 1.66. The van der Waals surface area contributed by atoms with Crippen molar-refractivity contribution in [2.75, 3.05) is 6.61 Å². The van der Waals surface area contributed by atoms with Gasteiger partial charge in [0.15, 0.2) is 4.80 Å². The molecule has 9 heteroatoms. The minimum atomic E-state index is -0.757. The lowest BCUT2D eigenvalue weighted by Crippen LogP contribution is -2.40. The van der Waals surface area contributed by atoms with Gasteiger partial charge < -0.3 is 13.9 Å². The van der Waals surface area contributed by atoms with Gasteiger partial charge in [-0.25, -0.2) is 9.79 Å². The van der Waals surface area contributed by atoms with E-state index in [4.69, 9.17) is 13.9 Å². The molecule has 0 spiro atoms. The molecule has 2 aromatic heterocycles. The molecule has 0 bridgehead atoms. The minimum absolute atomic E-state index is 0.100. The normalized spacial score (nSPS) is 15.3. The summed E-state index contributed by atoms with van der Waals surface area (Å²) in [7, 11) is 0. The average Bonchev–Trinajstić information content (AvgIpc) is 3.48. The summed E-state index contributed by atoms with van der Waals surface area (Å²) in [6.45, 7) is 7.58. The first kappa shape index (κ1) is 26.9. The van der Waals surface area contributed by atoms with E-state index in [1.165, 1.54) is 11.3 Å². The Labute approximate surface area is 237 Å². The van der Waals surface area contributed by atoms with E-state index in [1.807, 2.05) is 74.5 Å². The zero-order chi connectivity index (χ0) is 27.7. The second kappa shape index (κ2) is 11.2. The van der Waals surface area contributed by atoms with Gasteiger partial charge in [0.1, 0.15) is 23.3 Å². The summed E-state index contributed by atoms with van der Waals surface area (Å²) < 4.78 is 20.5. The molecule has 0 saturated heterocycles. The number of thiazole rings is 1. The van der Waals surface area contributed by atoms with E-state index in [0.29, 0.717) is 43.4 Å². The van der Waals surface area contributed by atoms with E-state index >= 15 is 0 Å². The number of halogens is 1. The van der Waals surface area contributed by atoms with Crippen LogP contribution >= 0.6 is 27.3 Å². The maximum absolute atomic E-state index is 13.9. The van der Waals surface area contributed by atoms with E-state index < -0.39 is 12.0 Å². The highest BCUT2D eigenvalue weighted by Gasteiger charge is 2.35. The highest BCUT2D eigenvalue weighted by atomic mass is 79.9. The molecule has 1 aliphatic rings. The molecule has 200 valence electrons. The Morgan fingerprint density at radius 3 is 2.62 bits per heavy atom. The van der Waals surface area contributed by atoms with E-state index in [9.17, 15) is 9.59 Å². The highest BCUT2D eigenvalue weighted by Crippen LogP contribution is 2.36. The number of hydrogen-bond acceptors (Lipinski definition) is 7. The highest BCUT2D eigenvalue weighted by molar-refractivity contribution is 9.10. The van der Waals surface area contributed by atoms with Gasteiger partial charge in [-0.05, 0) is 58.0 Å². The van der Waals surface area contributed by atoms with Crippen LogP contribution in [0.25, 0.3) is 17.4 Å². The molecular formula is C30H27BrN2O5S. The van der Waals surface area contributed by atoms with Crippen LogP contribution in [0.1, 0.15) is 45.1 Å². The largest absolute Gasteiger partial charge is 0.491 e. The van der Waals surface area contributed by atoms with Crippen molar-refractivity contribution in [3.05, 3.63) is 107 Å². The zero-order valence-corrected chi connectivity index (χ0v) is 24.3. The Morgan fingerprint density at radius 2 is 1.90 bits per heavy atom. The van der Waals surface area contributed by atoms with Gasteiger partial charge in [-0.1, -0.05) is 57.6 Å². The van der Waals surface area contributed by atoms with Crippen molar-refractivity contribution in [1.29, 1.82) is 0 Å². The number of hydrogen-bond donors (Lipinski definition) is 0. The second-order valence-corrected chi connectivity index (χ2v) is 11.1. The first-order valence-electron chi connectivity index (χ1n) is 12.6.